The fraction of sp³-hybridized carbons (Fsp3) is 0. The van der Waals surface area contributed by atoms with E-state index < -0.39 is 0 Å². The van der Waals surface area contributed by atoms with E-state index in [1.165, 1.54) is 0 Å². The number of H-pyrrole nitrogens is 1. The molecule has 0 fully saturated rings. The number of benzene rings is 2. The van der Waals surface area contributed by atoms with Gasteiger partial charge >= 0.3 is 0 Å². The Kier molecular flexibility index (Phi) is 3.25. The van der Waals surface area contributed by atoms with Crippen molar-refractivity contribution in [2.24, 2.45) is 0 Å². The third-order valence-corrected chi connectivity index (χ3v) is 3.90. The largest absolute Gasteiger partial charge is 0.360 e. The summed E-state index contributed by atoms with van der Waals surface area (Å²) in [6, 6.07) is 15.5. The van der Waals surface area contributed by atoms with Gasteiger partial charge < -0.3 is 10.3 Å². The number of rotatable bonds is 2. The first-order valence-electron chi connectivity index (χ1n) is 5.88. The Hall–Kier alpha value is -1.82. The minimum absolute atomic E-state index is 0.0958. The van der Waals surface area contributed by atoms with Crippen LogP contribution in [0.4, 0.5) is 5.69 Å². The fourth-order valence-electron chi connectivity index (χ4n) is 2.01. The van der Waals surface area contributed by atoms with E-state index in [-0.39, 0.29) is 5.91 Å². The lowest BCUT2D eigenvalue weighted by atomic mass is 10.1. The lowest BCUT2D eigenvalue weighted by molar-refractivity contribution is 0.102. The summed E-state index contributed by atoms with van der Waals surface area (Å²) in [6.45, 7) is 0. The van der Waals surface area contributed by atoms with Crippen molar-refractivity contribution in [2.45, 2.75) is 0 Å². The average Bonchev–Trinajstić information content (AvgIpc) is 2.85. The number of fused-ring (bicyclic) bond motifs is 1. The number of aromatic amines is 1. The number of hydrogen-bond acceptors (Lipinski definition) is 1. The van der Waals surface area contributed by atoms with Crippen LogP contribution in [0.2, 0.25) is 0 Å². The van der Waals surface area contributed by atoms with Crippen molar-refractivity contribution >= 4 is 45.1 Å². The summed E-state index contributed by atoms with van der Waals surface area (Å²) in [7, 11) is 0. The van der Waals surface area contributed by atoms with Crippen LogP contribution in [0.3, 0.4) is 0 Å². The molecule has 1 heterocycles. The van der Waals surface area contributed by atoms with Gasteiger partial charge in [0.1, 0.15) is 0 Å². The van der Waals surface area contributed by atoms with Gasteiger partial charge in [-0.1, -0.05) is 30.3 Å². The Labute approximate surface area is 124 Å². The number of hydrogen-bond donors (Lipinski definition) is 2. The number of amides is 1. The van der Waals surface area contributed by atoms with Gasteiger partial charge in [0.2, 0.25) is 0 Å². The minimum Gasteiger partial charge on any atom is -0.360 e. The van der Waals surface area contributed by atoms with Gasteiger partial charge in [-0.15, -0.1) is 0 Å². The molecule has 0 aliphatic heterocycles. The van der Waals surface area contributed by atoms with Crippen LogP contribution in [-0.4, -0.2) is 10.9 Å². The van der Waals surface area contributed by atoms with Crippen LogP contribution >= 0.6 is 22.6 Å². The minimum atomic E-state index is -0.0958. The summed E-state index contributed by atoms with van der Waals surface area (Å²) in [5.74, 6) is -0.0958. The molecule has 1 amide bonds. The maximum atomic E-state index is 12.3. The highest BCUT2D eigenvalue weighted by Crippen LogP contribution is 2.21. The monoisotopic (exact) mass is 362 g/mol. The standard InChI is InChI=1S/C15H11IN2O/c16-12-6-2-4-8-14(12)18-15(19)11-9-17-13-7-3-1-5-10(11)13/h1-9,17H,(H,18,19). The zero-order valence-electron chi connectivity index (χ0n) is 9.98. The molecule has 19 heavy (non-hydrogen) atoms. The smallest absolute Gasteiger partial charge is 0.257 e. The fourth-order valence-corrected chi connectivity index (χ4v) is 2.53. The van der Waals surface area contributed by atoms with Gasteiger partial charge in [-0.25, -0.2) is 0 Å². The quantitative estimate of drug-likeness (QED) is 0.665. The van der Waals surface area contributed by atoms with Crippen LogP contribution in [0, 0.1) is 3.57 Å². The average molecular weight is 362 g/mol. The molecular formula is C15H11IN2O. The van der Waals surface area contributed by atoms with Crippen molar-refractivity contribution < 1.29 is 4.79 Å². The molecule has 0 bridgehead atoms. The van der Waals surface area contributed by atoms with E-state index in [1.54, 1.807) is 6.20 Å². The second-order valence-electron chi connectivity index (χ2n) is 4.18. The van der Waals surface area contributed by atoms with Crippen LogP contribution in [0.5, 0.6) is 0 Å². The normalized spacial score (nSPS) is 10.6. The molecule has 0 spiro atoms. The Morgan fingerprint density at radius 2 is 1.79 bits per heavy atom. The van der Waals surface area contributed by atoms with Crippen molar-refractivity contribution in [3.63, 3.8) is 0 Å². The van der Waals surface area contributed by atoms with Crippen molar-refractivity contribution in [1.29, 1.82) is 0 Å². The van der Waals surface area contributed by atoms with Gasteiger partial charge in [0.25, 0.3) is 5.91 Å². The van der Waals surface area contributed by atoms with E-state index in [2.05, 4.69) is 32.9 Å². The van der Waals surface area contributed by atoms with Crippen LogP contribution in [0.25, 0.3) is 10.9 Å². The Bertz CT molecular complexity index is 748. The van der Waals surface area contributed by atoms with E-state index in [9.17, 15) is 4.79 Å². The lowest BCUT2D eigenvalue weighted by Crippen LogP contribution is -2.12. The number of halogens is 1. The Balaban J connectivity index is 1.95. The van der Waals surface area contributed by atoms with Gasteiger partial charge in [0.05, 0.1) is 11.3 Å². The van der Waals surface area contributed by atoms with Crippen molar-refractivity contribution in [2.75, 3.05) is 5.32 Å². The zero-order chi connectivity index (χ0) is 13.2. The maximum Gasteiger partial charge on any atom is 0.257 e. The third kappa shape index (κ3) is 2.35. The summed E-state index contributed by atoms with van der Waals surface area (Å²) in [5.41, 5.74) is 2.46. The van der Waals surface area contributed by atoms with Crippen LogP contribution in [-0.2, 0) is 0 Å². The molecular weight excluding hydrogens is 351 g/mol. The SMILES string of the molecule is O=C(Nc1ccccc1I)c1c[nH]c2ccccc12. The highest BCUT2D eigenvalue weighted by atomic mass is 127. The molecule has 2 aromatic carbocycles. The highest BCUT2D eigenvalue weighted by molar-refractivity contribution is 14.1. The molecule has 2 N–H and O–H groups in total. The molecule has 3 aromatic rings. The molecule has 0 aliphatic carbocycles. The first-order valence-corrected chi connectivity index (χ1v) is 6.95. The summed E-state index contributed by atoms with van der Waals surface area (Å²) >= 11 is 2.21. The molecule has 0 saturated carbocycles. The molecule has 0 unspecified atom stereocenters. The van der Waals surface area contributed by atoms with E-state index in [0.29, 0.717) is 5.56 Å². The first kappa shape index (κ1) is 12.2. The summed E-state index contributed by atoms with van der Waals surface area (Å²) in [5, 5.41) is 3.87. The molecule has 0 radical (unpaired) electrons. The van der Waals surface area contributed by atoms with E-state index in [4.69, 9.17) is 0 Å². The summed E-state index contributed by atoms with van der Waals surface area (Å²) < 4.78 is 1.02. The topological polar surface area (TPSA) is 44.9 Å². The molecule has 3 nitrogen and oxygen atoms in total. The van der Waals surface area contributed by atoms with Crippen molar-refractivity contribution in [3.8, 4) is 0 Å². The third-order valence-electron chi connectivity index (χ3n) is 2.96. The molecule has 94 valence electrons. The first-order chi connectivity index (χ1) is 9.25. The number of para-hydroxylation sites is 2. The Morgan fingerprint density at radius 3 is 2.63 bits per heavy atom. The van der Waals surface area contributed by atoms with Gasteiger partial charge in [0.15, 0.2) is 0 Å². The summed E-state index contributed by atoms with van der Waals surface area (Å²) in [6.07, 6.45) is 1.75. The number of anilines is 1. The lowest BCUT2D eigenvalue weighted by Gasteiger charge is -2.06. The Morgan fingerprint density at radius 1 is 1.05 bits per heavy atom. The van der Waals surface area contributed by atoms with Crippen LogP contribution in [0.1, 0.15) is 10.4 Å². The second-order valence-corrected chi connectivity index (χ2v) is 5.34. The number of aromatic nitrogens is 1. The molecule has 3 rings (SSSR count). The zero-order valence-corrected chi connectivity index (χ0v) is 12.1. The van der Waals surface area contributed by atoms with Crippen LogP contribution in [0.15, 0.2) is 54.7 Å². The molecule has 0 atom stereocenters. The van der Waals surface area contributed by atoms with Crippen molar-refractivity contribution in [3.05, 3.63) is 63.9 Å². The van der Waals surface area contributed by atoms with Crippen molar-refractivity contribution in [1.82, 2.24) is 4.98 Å². The predicted molar refractivity (Wildman–Crippen MR) is 85.4 cm³/mol. The number of carbonyl (C=O) groups is 1. The maximum absolute atomic E-state index is 12.3. The molecule has 0 saturated heterocycles. The molecule has 1 aromatic heterocycles. The predicted octanol–water partition coefficient (Wildman–Crippen LogP) is 4.02. The van der Waals surface area contributed by atoms with Gasteiger partial charge in [-0.05, 0) is 40.8 Å². The number of nitrogens with one attached hydrogen (secondary N) is 2. The number of carbonyl (C=O) groups excluding carboxylic acids is 1. The summed E-state index contributed by atoms with van der Waals surface area (Å²) in [4.78, 5) is 15.4. The highest BCUT2D eigenvalue weighted by Gasteiger charge is 2.12. The second kappa shape index (κ2) is 5.05. The van der Waals surface area contributed by atoms with E-state index in [0.717, 1.165) is 20.2 Å². The molecule has 4 heteroatoms. The van der Waals surface area contributed by atoms with Gasteiger partial charge in [-0.2, -0.15) is 0 Å². The van der Waals surface area contributed by atoms with E-state index in [1.807, 2.05) is 48.5 Å². The van der Waals surface area contributed by atoms with Gasteiger partial charge in [0, 0.05) is 20.7 Å². The van der Waals surface area contributed by atoms with Crippen LogP contribution < -0.4 is 5.32 Å². The molecule has 0 aliphatic rings. The van der Waals surface area contributed by atoms with Gasteiger partial charge in [-0.3, -0.25) is 4.79 Å². The van der Waals surface area contributed by atoms with E-state index >= 15 is 0 Å².